The number of aliphatic imine (C=N–C) groups is 2. The Morgan fingerprint density at radius 2 is 1.85 bits per heavy atom. The van der Waals surface area contributed by atoms with Crippen molar-refractivity contribution in [3.63, 3.8) is 0 Å². The van der Waals surface area contributed by atoms with Crippen LogP contribution in [0.4, 0.5) is 4.39 Å². The largest absolute Gasteiger partial charge is 0.458 e. The summed E-state index contributed by atoms with van der Waals surface area (Å²) in [5.74, 6) is -0.761. The minimum absolute atomic E-state index is 0.0101. The summed E-state index contributed by atoms with van der Waals surface area (Å²) >= 11 is 0. The van der Waals surface area contributed by atoms with Gasteiger partial charge in [-0.25, -0.2) is 17.8 Å². The third-order valence-corrected chi connectivity index (χ3v) is 13.8. The fourth-order valence-corrected chi connectivity index (χ4v) is 6.20. The van der Waals surface area contributed by atoms with E-state index in [4.69, 9.17) is 14.2 Å². The maximum absolute atomic E-state index is 13.8. The summed E-state index contributed by atoms with van der Waals surface area (Å²) in [7, 11) is -4.24. The highest BCUT2D eigenvalue weighted by atomic mass is 32.2. The lowest BCUT2D eigenvalue weighted by Crippen LogP contribution is -2.47. The first-order valence-corrected chi connectivity index (χ1v) is 18.0. The fraction of sp³-hybridized carbons (Fsp3) is 0.607. The average Bonchev–Trinajstić information content (AvgIpc) is 2.80. The second-order valence-corrected chi connectivity index (χ2v) is 19.1. The number of esters is 1. The van der Waals surface area contributed by atoms with E-state index in [1.807, 2.05) is 26.0 Å². The first-order valence-electron chi connectivity index (χ1n) is 13.2. The maximum atomic E-state index is 13.8. The number of nitrogens with zero attached hydrogens (tertiary/aromatic N) is 3. The lowest BCUT2D eigenvalue weighted by atomic mass is 9.71. The molecule has 0 saturated carbocycles. The molecule has 0 aliphatic carbocycles. The van der Waals surface area contributed by atoms with Gasteiger partial charge in [-0.05, 0) is 47.8 Å². The van der Waals surface area contributed by atoms with E-state index in [-0.39, 0.29) is 35.3 Å². The Kier molecular flexibility index (Phi) is 9.11. The van der Waals surface area contributed by atoms with E-state index in [0.717, 1.165) is 10.6 Å². The summed E-state index contributed by atoms with van der Waals surface area (Å²) in [6, 6.07) is 5.94. The molecule has 0 N–H and O–H groups in total. The molecule has 0 bridgehead atoms. The number of halogens is 1. The van der Waals surface area contributed by atoms with E-state index in [1.165, 1.54) is 19.2 Å². The van der Waals surface area contributed by atoms with Crippen molar-refractivity contribution in [3.8, 4) is 0 Å². The Morgan fingerprint density at radius 1 is 1.23 bits per heavy atom. The molecule has 4 atom stereocenters. The Morgan fingerprint density at radius 3 is 2.38 bits per heavy atom. The van der Waals surface area contributed by atoms with Gasteiger partial charge in [0.25, 0.3) is 0 Å². The standard InChI is InChI=1S/C28H42FN3O5SSi/c1-19(2)28(15-14-22-16-23(17-24(33)36-22)37-39(8,9)27(3,4)5)18-30-26(32(6)38(7,34)35)31-25(28)20-10-12-21(29)13-11-20/h10-15,18-19,22-23,26H,16-17H2,1-9H3/b15-14+/t22-,23-,26?,28?/m1/s1. The molecule has 0 spiro atoms. The zero-order valence-corrected chi connectivity index (χ0v) is 26.3. The van der Waals surface area contributed by atoms with Crippen molar-refractivity contribution < 1.29 is 26.8 Å². The van der Waals surface area contributed by atoms with Crippen LogP contribution >= 0.6 is 0 Å². The Labute approximate surface area is 233 Å². The van der Waals surface area contributed by atoms with Crippen molar-refractivity contribution in [2.24, 2.45) is 21.3 Å². The molecule has 2 aliphatic heterocycles. The smallest absolute Gasteiger partial charge is 0.308 e. The molecule has 216 valence electrons. The van der Waals surface area contributed by atoms with Gasteiger partial charge in [-0.1, -0.05) is 52.8 Å². The van der Waals surface area contributed by atoms with Crippen LogP contribution in [0.2, 0.25) is 18.1 Å². The van der Waals surface area contributed by atoms with E-state index in [1.54, 1.807) is 18.3 Å². The lowest BCUT2D eigenvalue weighted by molar-refractivity contribution is -0.156. The highest BCUT2D eigenvalue weighted by Gasteiger charge is 2.43. The van der Waals surface area contributed by atoms with Crippen LogP contribution in [0, 0.1) is 17.2 Å². The number of benzene rings is 1. The Balaban J connectivity index is 1.99. The lowest BCUT2D eigenvalue weighted by Gasteiger charge is -2.41. The fourth-order valence-electron chi connectivity index (χ4n) is 4.39. The molecule has 39 heavy (non-hydrogen) atoms. The third-order valence-electron chi connectivity index (χ3n) is 8.02. The van der Waals surface area contributed by atoms with Crippen LogP contribution in [-0.4, -0.2) is 70.7 Å². The van der Waals surface area contributed by atoms with Crippen molar-refractivity contribution in [1.29, 1.82) is 0 Å². The topological polar surface area (TPSA) is 97.6 Å². The summed E-state index contributed by atoms with van der Waals surface area (Å²) in [5.41, 5.74) is 0.347. The van der Waals surface area contributed by atoms with Crippen LogP contribution in [0.5, 0.6) is 0 Å². The molecular formula is C28H42FN3O5SSi. The van der Waals surface area contributed by atoms with Gasteiger partial charge in [-0.3, -0.25) is 9.79 Å². The van der Waals surface area contributed by atoms with Gasteiger partial charge >= 0.3 is 5.97 Å². The minimum atomic E-state index is -3.57. The third kappa shape index (κ3) is 7.11. The molecule has 0 amide bonds. The number of ether oxygens (including phenoxy) is 1. The molecule has 11 heteroatoms. The molecule has 1 fully saturated rings. The number of allylic oxidation sites excluding steroid dienone is 1. The molecule has 2 heterocycles. The minimum Gasteiger partial charge on any atom is -0.458 e. The van der Waals surface area contributed by atoms with Gasteiger partial charge in [0.15, 0.2) is 8.32 Å². The van der Waals surface area contributed by atoms with Crippen LogP contribution < -0.4 is 0 Å². The van der Waals surface area contributed by atoms with Gasteiger partial charge in [-0.2, -0.15) is 4.31 Å². The van der Waals surface area contributed by atoms with Crippen molar-refractivity contribution in [3.05, 3.63) is 47.8 Å². The number of cyclic esters (lactones) is 1. The van der Waals surface area contributed by atoms with Gasteiger partial charge in [0, 0.05) is 19.7 Å². The van der Waals surface area contributed by atoms with Gasteiger partial charge in [0.2, 0.25) is 16.3 Å². The van der Waals surface area contributed by atoms with Crippen molar-refractivity contribution in [2.45, 2.75) is 84.1 Å². The molecule has 0 aromatic heterocycles. The predicted molar refractivity (Wildman–Crippen MR) is 155 cm³/mol. The maximum Gasteiger partial charge on any atom is 0.308 e. The highest BCUT2D eigenvalue weighted by molar-refractivity contribution is 7.88. The quantitative estimate of drug-likeness (QED) is 0.241. The molecule has 1 aromatic carbocycles. The number of carbonyl (C=O) groups is 1. The number of carbonyl (C=O) groups excluding carboxylic acids is 1. The Bertz CT molecular complexity index is 1250. The molecule has 1 aromatic rings. The van der Waals surface area contributed by atoms with Crippen molar-refractivity contribution >= 4 is 36.2 Å². The monoisotopic (exact) mass is 579 g/mol. The van der Waals surface area contributed by atoms with Crippen LogP contribution in [0.3, 0.4) is 0 Å². The van der Waals surface area contributed by atoms with E-state index >= 15 is 0 Å². The van der Waals surface area contributed by atoms with E-state index in [9.17, 15) is 17.6 Å². The summed E-state index contributed by atoms with van der Waals surface area (Å²) in [5, 5.41) is 0.0101. The second-order valence-electron chi connectivity index (χ2n) is 12.3. The van der Waals surface area contributed by atoms with Crippen molar-refractivity contribution in [2.75, 3.05) is 13.3 Å². The number of rotatable bonds is 8. The summed E-state index contributed by atoms with van der Waals surface area (Å²) in [4.78, 5) is 21.8. The van der Waals surface area contributed by atoms with E-state index in [2.05, 4.69) is 38.9 Å². The summed E-state index contributed by atoms with van der Waals surface area (Å²) in [6.45, 7) is 14.8. The highest BCUT2D eigenvalue weighted by Crippen LogP contribution is 2.40. The molecular weight excluding hydrogens is 537 g/mol. The molecule has 0 radical (unpaired) electrons. The molecule has 1 saturated heterocycles. The van der Waals surface area contributed by atoms with Gasteiger partial charge in [-0.15, -0.1) is 0 Å². The van der Waals surface area contributed by atoms with Crippen LogP contribution in [0.15, 0.2) is 46.4 Å². The van der Waals surface area contributed by atoms with Crippen molar-refractivity contribution in [1.82, 2.24) is 4.31 Å². The molecule has 8 nitrogen and oxygen atoms in total. The Hall–Kier alpha value is -2.21. The zero-order chi connectivity index (χ0) is 29.4. The average molecular weight is 580 g/mol. The number of hydrogen-bond acceptors (Lipinski definition) is 7. The normalized spacial score (nSPS) is 26.8. The number of hydrogen-bond donors (Lipinski definition) is 0. The van der Waals surface area contributed by atoms with Gasteiger partial charge < -0.3 is 9.16 Å². The SMILES string of the molecule is CC(C)C1(/C=C/[C@@H]2C[C@@H](O[Si](C)(C)C(C)(C)C)CC(=O)O2)C=NC(N(C)S(C)(=O)=O)N=C1c1ccc(F)cc1. The molecule has 2 unspecified atom stereocenters. The molecule has 3 rings (SSSR count). The van der Waals surface area contributed by atoms with E-state index < -0.39 is 36.1 Å². The summed E-state index contributed by atoms with van der Waals surface area (Å²) in [6.07, 6.45) is 5.59. The second kappa shape index (κ2) is 11.3. The van der Waals surface area contributed by atoms with Crippen LogP contribution in [0.25, 0.3) is 0 Å². The first-order chi connectivity index (χ1) is 17.9. The summed E-state index contributed by atoms with van der Waals surface area (Å²) < 4.78 is 51.6. The zero-order valence-electron chi connectivity index (χ0n) is 24.4. The first kappa shape index (κ1) is 31.3. The molecule has 2 aliphatic rings. The van der Waals surface area contributed by atoms with Crippen LogP contribution in [-0.2, 0) is 24.0 Å². The van der Waals surface area contributed by atoms with E-state index in [0.29, 0.717) is 17.7 Å². The van der Waals surface area contributed by atoms with Gasteiger partial charge in [0.05, 0.1) is 29.9 Å². The predicted octanol–water partition coefficient (Wildman–Crippen LogP) is 5.17. The number of sulfonamides is 1. The van der Waals surface area contributed by atoms with Crippen LogP contribution in [0.1, 0.15) is 53.0 Å². The van der Waals surface area contributed by atoms with Gasteiger partial charge in [0.1, 0.15) is 11.9 Å².